The van der Waals surface area contributed by atoms with Crippen LogP contribution in [0.2, 0.25) is 0 Å². The van der Waals surface area contributed by atoms with Gasteiger partial charge in [-0.1, -0.05) is 0 Å². The van der Waals surface area contributed by atoms with Gasteiger partial charge in [0, 0.05) is 70.0 Å². The molecule has 4 aromatic carbocycles. The molecule has 0 aliphatic carbocycles. The largest absolute Gasteiger partial charge is 0.496 e. The van der Waals surface area contributed by atoms with Crippen LogP contribution in [0.5, 0.6) is 34.5 Å². The fourth-order valence-electron chi connectivity index (χ4n) is 5.89. The molecule has 2 aromatic heterocycles. The summed E-state index contributed by atoms with van der Waals surface area (Å²) >= 11 is 0. The molecule has 15 nitrogen and oxygen atoms in total. The lowest BCUT2D eigenvalue weighted by Gasteiger charge is -2.20. The van der Waals surface area contributed by atoms with E-state index < -0.39 is 46.5 Å². The summed E-state index contributed by atoms with van der Waals surface area (Å²) in [6, 6.07) is 16.8. The standard InChI is InChI=1S/C41H30O15/c1-19(42)50-26-11-7-24(8-12-26)30-15-28(47)37-34(55-30)18-35(53-22(4)45)39(40(37)54-23(5)46)38-32(49-6)17-33(52-21(3)44)36-29(48)16-31(56-41(36)38)25-9-13-27(14-10-25)51-20(2)43/h7-18H,1-6H3. The molecule has 0 aliphatic heterocycles. The zero-order chi connectivity index (χ0) is 40.4. The minimum absolute atomic E-state index is 0.0205. The molecule has 15 heteroatoms. The number of carbonyl (C=O) groups excluding carboxylic acids is 5. The van der Waals surface area contributed by atoms with Crippen LogP contribution in [0, 0.1) is 0 Å². The number of rotatable bonds is 9. The van der Waals surface area contributed by atoms with Crippen LogP contribution in [-0.2, 0) is 24.0 Å². The first-order valence-electron chi connectivity index (χ1n) is 16.6. The highest BCUT2D eigenvalue weighted by atomic mass is 16.6. The van der Waals surface area contributed by atoms with Crippen molar-refractivity contribution in [3.05, 3.63) is 93.2 Å². The number of benzene rings is 4. The third-order valence-corrected chi connectivity index (χ3v) is 7.89. The second kappa shape index (κ2) is 15.4. The van der Waals surface area contributed by atoms with Gasteiger partial charge in [0.25, 0.3) is 0 Å². The van der Waals surface area contributed by atoms with Crippen LogP contribution in [0.15, 0.2) is 91.2 Å². The number of hydrogen-bond donors (Lipinski definition) is 0. The number of hydrogen-bond acceptors (Lipinski definition) is 15. The molecular weight excluding hydrogens is 732 g/mol. The first kappa shape index (κ1) is 38.2. The van der Waals surface area contributed by atoms with Gasteiger partial charge in [-0.15, -0.1) is 0 Å². The Morgan fingerprint density at radius 3 is 1.43 bits per heavy atom. The first-order valence-corrected chi connectivity index (χ1v) is 16.6. The summed E-state index contributed by atoms with van der Waals surface area (Å²) < 4.78 is 45.2. The fraction of sp³-hybridized carbons (Fsp3) is 0.146. The Balaban J connectivity index is 1.72. The second-order valence-corrected chi connectivity index (χ2v) is 12.1. The van der Waals surface area contributed by atoms with Gasteiger partial charge in [0.05, 0.1) is 18.2 Å². The molecule has 0 spiro atoms. The Morgan fingerprint density at radius 2 is 0.946 bits per heavy atom. The number of methoxy groups -OCH3 is 1. The van der Waals surface area contributed by atoms with Crippen LogP contribution in [0.3, 0.4) is 0 Å². The van der Waals surface area contributed by atoms with Gasteiger partial charge in [-0.3, -0.25) is 33.6 Å². The highest BCUT2D eigenvalue weighted by Gasteiger charge is 2.31. The number of fused-ring (bicyclic) bond motifs is 2. The maximum Gasteiger partial charge on any atom is 0.308 e. The number of esters is 5. The van der Waals surface area contributed by atoms with Crippen LogP contribution in [0.25, 0.3) is 55.7 Å². The van der Waals surface area contributed by atoms with Gasteiger partial charge in [-0.2, -0.15) is 0 Å². The van der Waals surface area contributed by atoms with E-state index in [1.54, 1.807) is 12.1 Å². The molecule has 6 rings (SSSR count). The summed E-state index contributed by atoms with van der Waals surface area (Å²) in [6.07, 6.45) is 0. The van der Waals surface area contributed by atoms with E-state index in [1.165, 1.54) is 69.5 Å². The second-order valence-electron chi connectivity index (χ2n) is 12.1. The molecular formula is C41H30O15. The lowest BCUT2D eigenvalue weighted by atomic mass is 9.96. The summed E-state index contributed by atoms with van der Waals surface area (Å²) in [5.74, 6) is -4.25. The number of ether oxygens (including phenoxy) is 6. The lowest BCUT2D eigenvalue weighted by Crippen LogP contribution is -2.13. The van der Waals surface area contributed by atoms with Crippen molar-refractivity contribution in [3.63, 3.8) is 0 Å². The van der Waals surface area contributed by atoms with Crippen LogP contribution in [0.1, 0.15) is 34.6 Å². The summed E-state index contributed by atoms with van der Waals surface area (Å²) in [4.78, 5) is 88.6. The van der Waals surface area contributed by atoms with E-state index in [9.17, 15) is 33.6 Å². The van der Waals surface area contributed by atoms with Gasteiger partial charge in [-0.25, -0.2) is 0 Å². The van der Waals surface area contributed by atoms with Crippen molar-refractivity contribution in [2.45, 2.75) is 34.6 Å². The normalized spacial score (nSPS) is 10.8. The lowest BCUT2D eigenvalue weighted by molar-refractivity contribution is -0.133. The quantitative estimate of drug-likeness (QED) is 0.113. The molecule has 0 saturated carbocycles. The third kappa shape index (κ3) is 7.87. The first-order chi connectivity index (χ1) is 26.6. The monoisotopic (exact) mass is 762 g/mol. The molecule has 0 unspecified atom stereocenters. The molecule has 0 fully saturated rings. The van der Waals surface area contributed by atoms with Gasteiger partial charge in [0.2, 0.25) is 0 Å². The molecule has 0 N–H and O–H groups in total. The summed E-state index contributed by atoms with van der Waals surface area (Å²) in [6.45, 7) is 5.79. The van der Waals surface area contributed by atoms with Crippen LogP contribution < -0.4 is 39.3 Å². The summed E-state index contributed by atoms with van der Waals surface area (Å²) in [5, 5.41) is -0.538. The molecule has 6 aromatic rings. The van der Waals surface area contributed by atoms with E-state index in [4.69, 9.17) is 37.3 Å². The maximum absolute atomic E-state index is 14.1. The van der Waals surface area contributed by atoms with Crippen molar-refractivity contribution in [2.75, 3.05) is 7.11 Å². The Labute approximate surface area is 315 Å². The van der Waals surface area contributed by atoms with E-state index in [2.05, 4.69) is 0 Å². The Morgan fingerprint density at radius 1 is 0.482 bits per heavy atom. The molecule has 56 heavy (non-hydrogen) atoms. The maximum atomic E-state index is 14.1. The number of carbonyl (C=O) groups is 5. The highest BCUT2D eigenvalue weighted by Crippen LogP contribution is 2.51. The molecule has 284 valence electrons. The SMILES string of the molecule is COc1cc(OC(C)=O)c2c(=O)cc(-c3ccc(OC(C)=O)cc3)oc2c1-c1c(OC(C)=O)cc2oc(-c3ccc(OC(C)=O)cc3)cc(=O)c2c1OC(C)=O. The molecule has 0 atom stereocenters. The average molecular weight is 763 g/mol. The van der Waals surface area contributed by atoms with Crippen molar-refractivity contribution < 1.29 is 61.2 Å². The molecule has 0 aliphatic rings. The summed E-state index contributed by atoms with van der Waals surface area (Å²) in [5.41, 5.74) is -1.51. The van der Waals surface area contributed by atoms with E-state index in [0.717, 1.165) is 32.9 Å². The molecule has 0 saturated heterocycles. The minimum atomic E-state index is -0.896. The van der Waals surface area contributed by atoms with Crippen molar-refractivity contribution >= 4 is 51.8 Å². The predicted octanol–water partition coefficient (Wildman–Crippen LogP) is 6.54. The molecule has 0 amide bonds. The van der Waals surface area contributed by atoms with Gasteiger partial charge in [-0.05, 0) is 48.5 Å². The van der Waals surface area contributed by atoms with Crippen molar-refractivity contribution in [1.29, 1.82) is 0 Å². The molecule has 0 radical (unpaired) electrons. The Bertz CT molecular complexity index is 2720. The third-order valence-electron chi connectivity index (χ3n) is 7.89. The zero-order valence-corrected chi connectivity index (χ0v) is 30.6. The average Bonchev–Trinajstić information content (AvgIpc) is 3.11. The molecule has 2 heterocycles. The molecule has 0 bridgehead atoms. The van der Waals surface area contributed by atoms with Crippen molar-refractivity contribution in [3.8, 4) is 68.3 Å². The van der Waals surface area contributed by atoms with Gasteiger partial charge in [0.15, 0.2) is 22.2 Å². The Hall–Kier alpha value is -7.55. The van der Waals surface area contributed by atoms with E-state index in [-0.39, 0.29) is 73.3 Å². The summed E-state index contributed by atoms with van der Waals surface area (Å²) in [7, 11) is 1.25. The van der Waals surface area contributed by atoms with E-state index in [0.29, 0.717) is 11.1 Å². The van der Waals surface area contributed by atoms with Crippen LogP contribution >= 0.6 is 0 Å². The van der Waals surface area contributed by atoms with E-state index in [1.807, 2.05) is 0 Å². The van der Waals surface area contributed by atoms with E-state index >= 15 is 0 Å². The highest BCUT2D eigenvalue weighted by molar-refractivity contribution is 6.08. The van der Waals surface area contributed by atoms with Crippen molar-refractivity contribution in [1.82, 2.24) is 0 Å². The Kier molecular flexibility index (Phi) is 10.5. The van der Waals surface area contributed by atoms with Gasteiger partial charge in [0.1, 0.15) is 56.6 Å². The van der Waals surface area contributed by atoms with Crippen molar-refractivity contribution in [2.24, 2.45) is 0 Å². The minimum Gasteiger partial charge on any atom is -0.496 e. The fourth-order valence-corrected chi connectivity index (χ4v) is 5.89. The van der Waals surface area contributed by atoms with Gasteiger partial charge >= 0.3 is 29.8 Å². The smallest absolute Gasteiger partial charge is 0.308 e. The van der Waals surface area contributed by atoms with Gasteiger partial charge < -0.3 is 37.3 Å². The predicted molar refractivity (Wildman–Crippen MR) is 198 cm³/mol. The zero-order valence-electron chi connectivity index (χ0n) is 30.6. The van der Waals surface area contributed by atoms with Crippen LogP contribution in [-0.4, -0.2) is 37.0 Å². The topological polar surface area (TPSA) is 201 Å². The van der Waals surface area contributed by atoms with Crippen LogP contribution in [0.4, 0.5) is 0 Å².